The average Bonchev–Trinajstić information content (AvgIpc) is 2.79. The Hall–Kier alpha value is -0.940. The Morgan fingerprint density at radius 3 is 2.88 bits per heavy atom. The van der Waals surface area contributed by atoms with Crippen molar-refractivity contribution in [2.24, 2.45) is 5.73 Å². The monoisotopic (exact) mass is 239 g/mol. The van der Waals surface area contributed by atoms with Gasteiger partial charge in [-0.1, -0.05) is 25.9 Å². The van der Waals surface area contributed by atoms with Crippen LogP contribution in [0.25, 0.3) is 0 Å². The predicted molar refractivity (Wildman–Crippen MR) is 63.5 cm³/mol. The molecule has 1 aliphatic rings. The van der Waals surface area contributed by atoms with E-state index >= 15 is 0 Å². The van der Waals surface area contributed by atoms with E-state index < -0.39 is 5.54 Å². The summed E-state index contributed by atoms with van der Waals surface area (Å²) in [5, 5.41) is 4.03. The van der Waals surface area contributed by atoms with E-state index in [0.29, 0.717) is 18.3 Å². The van der Waals surface area contributed by atoms with Gasteiger partial charge in [0.25, 0.3) is 0 Å². The van der Waals surface area contributed by atoms with E-state index in [1.807, 2.05) is 13.8 Å². The highest BCUT2D eigenvalue weighted by molar-refractivity contribution is 5.07. The SMILES string of the molecule is CCC1CC(N)(c2noc(C(C)C)n2)CCO1. The van der Waals surface area contributed by atoms with E-state index in [-0.39, 0.29) is 12.0 Å². The molecule has 0 aliphatic carbocycles. The highest BCUT2D eigenvalue weighted by Gasteiger charge is 2.38. The van der Waals surface area contributed by atoms with Crippen molar-refractivity contribution in [3.8, 4) is 0 Å². The van der Waals surface area contributed by atoms with Gasteiger partial charge in [0.05, 0.1) is 11.6 Å². The van der Waals surface area contributed by atoms with Crippen LogP contribution in [0.15, 0.2) is 4.52 Å². The molecule has 0 spiro atoms. The van der Waals surface area contributed by atoms with Crippen LogP contribution < -0.4 is 5.73 Å². The summed E-state index contributed by atoms with van der Waals surface area (Å²) in [6.07, 6.45) is 2.68. The summed E-state index contributed by atoms with van der Waals surface area (Å²) in [4.78, 5) is 4.42. The first-order chi connectivity index (χ1) is 8.05. The molecule has 2 unspecified atom stereocenters. The largest absolute Gasteiger partial charge is 0.378 e. The number of hydrogen-bond acceptors (Lipinski definition) is 5. The van der Waals surface area contributed by atoms with Gasteiger partial charge in [0, 0.05) is 12.5 Å². The highest BCUT2D eigenvalue weighted by Crippen LogP contribution is 2.32. The smallest absolute Gasteiger partial charge is 0.229 e. The fourth-order valence-corrected chi connectivity index (χ4v) is 2.11. The molecule has 2 atom stereocenters. The van der Waals surface area contributed by atoms with Crippen molar-refractivity contribution >= 4 is 0 Å². The van der Waals surface area contributed by atoms with E-state index in [9.17, 15) is 0 Å². The summed E-state index contributed by atoms with van der Waals surface area (Å²) >= 11 is 0. The average molecular weight is 239 g/mol. The zero-order valence-electron chi connectivity index (χ0n) is 10.8. The molecule has 2 heterocycles. The fourth-order valence-electron chi connectivity index (χ4n) is 2.11. The molecule has 1 saturated heterocycles. The first kappa shape index (κ1) is 12.5. The van der Waals surface area contributed by atoms with Crippen molar-refractivity contribution in [1.82, 2.24) is 10.1 Å². The lowest BCUT2D eigenvalue weighted by molar-refractivity contribution is -0.0239. The molecule has 1 fully saturated rings. The standard InChI is InChI=1S/C12H21N3O2/c1-4-9-7-12(13,5-6-16-9)11-14-10(8(2)3)17-15-11/h8-9H,4-7,13H2,1-3H3. The topological polar surface area (TPSA) is 74.2 Å². The molecule has 0 aromatic carbocycles. The van der Waals surface area contributed by atoms with Gasteiger partial charge in [-0.25, -0.2) is 0 Å². The molecule has 5 nitrogen and oxygen atoms in total. The van der Waals surface area contributed by atoms with Gasteiger partial charge in [-0.3, -0.25) is 0 Å². The quantitative estimate of drug-likeness (QED) is 0.872. The maximum Gasteiger partial charge on any atom is 0.229 e. The molecule has 0 bridgehead atoms. The Balaban J connectivity index is 2.18. The van der Waals surface area contributed by atoms with E-state index in [1.165, 1.54) is 0 Å². The van der Waals surface area contributed by atoms with Crippen LogP contribution in [0, 0.1) is 0 Å². The lowest BCUT2D eigenvalue weighted by Crippen LogP contribution is -2.46. The molecule has 96 valence electrons. The Labute approximate surface area is 102 Å². The molecular formula is C12H21N3O2. The highest BCUT2D eigenvalue weighted by atomic mass is 16.5. The Morgan fingerprint density at radius 1 is 1.53 bits per heavy atom. The molecule has 2 N–H and O–H groups in total. The van der Waals surface area contributed by atoms with Crippen LogP contribution in [0.5, 0.6) is 0 Å². The van der Waals surface area contributed by atoms with E-state index in [1.54, 1.807) is 0 Å². The third-order valence-corrected chi connectivity index (χ3v) is 3.33. The van der Waals surface area contributed by atoms with Gasteiger partial charge >= 0.3 is 0 Å². The molecular weight excluding hydrogens is 218 g/mol. The molecule has 1 aromatic rings. The molecule has 1 aromatic heterocycles. The summed E-state index contributed by atoms with van der Waals surface area (Å²) in [5.41, 5.74) is 5.90. The van der Waals surface area contributed by atoms with E-state index in [2.05, 4.69) is 17.1 Å². The maximum absolute atomic E-state index is 6.39. The predicted octanol–water partition coefficient (Wildman–Crippen LogP) is 1.94. The summed E-state index contributed by atoms with van der Waals surface area (Å²) in [6.45, 7) is 6.82. The van der Waals surface area contributed by atoms with Crippen LogP contribution in [-0.2, 0) is 10.3 Å². The zero-order valence-corrected chi connectivity index (χ0v) is 10.8. The number of rotatable bonds is 3. The lowest BCUT2D eigenvalue weighted by Gasteiger charge is -2.35. The number of nitrogens with two attached hydrogens (primary N) is 1. The number of hydrogen-bond donors (Lipinski definition) is 1. The van der Waals surface area contributed by atoms with Gasteiger partial charge in [-0.05, 0) is 19.3 Å². The van der Waals surface area contributed by atoms with Gasteiger partial charge in [-0.2, -0.15) is 4.98 Å². The first-order valence-electron chi connectivity index (χ1n) is 6.29. The first-order valence-corrected chi connectivity index (χ1v) is 6.29. The Morgan fingerprint density at radius 2 is 2.29 bits per heavy atom. The van der Waals surface area contributed by atoms with Crippen molar-refractivity contribution in [3.05, 3.63) is 11.7 Å². The van der Waals surface area contributed by atoms with Crippen LogP contribution in [0.2, 0.25) is 0 Å². The number of nitrogens with zero attached hydrogens (tertiary/aromatic N) is 2. The Bertz CT molecular complexity index is 378. The minimum absolute atomic E-state index is 0.203. The van der Waals surface area contributed by atoms with E-state index in [4.69, 9.17) is 15.0 Å². The minimum Gasteiger partial charge on any atom is -0.378 e. The molecule has 2 rings (SSSR count). The number of aromatic nitrogens is 2. The van der Waals surface area contributed by atoms with Gasteiger partial charge in [-0.15, -0.1) is 0 Å². The van der Waals surface area contributed by atoms with Gasteiger partial charge in [0.2, 0.25) is 5.89 Å². The third kappa shape index (κ3) is 2.50. The normalized spacial score (nSPS) is 29.8. The van der Waals surface area contributed by atoms with Crippen LogP contribution >= 0.6 is 0 Å². The van der Waals surface area contributed by atoms with Gasteiger partial charge in [0.1, 0.15) is 0 Å². The second kappa shape index (κ2) is 4.74. The second-order valence-corrected chi connectivity index (χ2v) is 5.12. The van der Waals surface area contributed by atoms with E-state index in [0.717, 1.165) is 19.3 Å². The lowest BCUT2D eigenvalue weighted by atomic mass is 9.86. The summed E-state index contributed by atoms with van der Waals surface area (Å²) in [6, 6.07) is 0. The van der Waals surface area contributed by atoms with Crippen molar-refractivity contribution in [2.45, 2.75) is 57.6 Å². The van der Waals surface area contributed by atoms with Crippen LogP contribution in [0.4, 0.5) is 0 Å². The van der Waals surface area contributed by atoms with Gasteiger partial charge < -0.3 is 15.0 Å². The fraction of sp³-hybridized carbons (Fsp3) is 0.833. The Kier molecular flexibility index (Phi) is 3.49. The molecule has 17 heavy (non-hydrogen) atoms. The van der Waals surface area contributed by atoms with Crippen LogP contribution in [0.1, 0.15) is 57.7 Å². The zero-order chi connectivity index (χ0) is 12.5. The van der Waals surface area contributed by atoms with Crippen LogP contribution in [-0.4, -0.2) is 22.9 Å². The van der Waals surface area contributed by atoms with Crippen molar-refractivity contribution in [2.75, 3.05) is 6.61 Å². The molecule has 1 aliphatic heterocycles. The van der Waals surface area contributed by atoms with Crippen molar-refractivity contribution in [3.63, 3.8) is 0 Å². The summed E-state index contributed by atoms with van der Waals surface area (Å²) in [7, 11) is 0. The number of ether oxygens (including phenoxy) is 1. The second-order valence-electron chi connectivity index (χ2n) is 5.12. The summed E-state index contributed by atoms with van der Waals surface area (Å²) in [5.74, 6) is 1.52. The molecule has 0 radical (unpaired) electrons. The molecule has 0 saturated carbocycles. The van der Waals surface area contributed by atoms with Crippen molar-refractivity contribution < 1.29 is 9.26 Å². The third-order valence-electron chi connectivity index (χ3n) is 3.33. The van der Waals surface area contributed by atoms with Gasteiger partial charge in [0.15, 0.2) is 5.82 Å². The van der Waals surface area contributed by atoms with Crippen LogP contribution in [0.3, 0.4) is 0 Å². The minimum atomic E-state index is -0.491. The van der Waals surface area contributed by atoms with Crippen molar-refractivity contribution in [1.29, 1.82) is 0 Å². The summed E-state index contributed by atoms with van der Waals surface area (Å²) < 4.78 is 10.9. The molecule has 0 amide bonds. The maximum atomic E-state index is 6.39. The molecule has 5 heteroatoms.